The molecule has 0 bridgehead atoms. The number of carboxylic acid groups (broad SMARTS) is 2. The summed E-state index contributed by atoms with van der Waals surface area (Å²) in [5.74, 6) is -0.565. The third-order valence-corrected chi connectivity index (χ3v) is 13.5. The van der Waals surface area contributed by atoms with Crippen LogP contribution in [0, 0.1) is 0 Å². The number of tetrazole rings is 2. The van der Waals surface area contributed by atoms with Gasteiger partial charge in [0.25, 0.3) is 0 Å². The lowest BCUT2D eigenvalue weighted by Gasteiger charge is -2.30. The summed E-state index contributed by atoms with van der Waals surface area (Å²) in [4.78, 5) is 59.6. The lowest BCUT2D eigenvalue weighted by molar-refractivity contribution is -0.134. The van der Waals surface area contributed by atoms with Crippen molar-refractivity contribution >= 4 is 57.8 Å². The molecule has 0 spiro atoms. The SMILES string of the molecule is CCn1nnc([C@H]2O[C@@H](n3cnc4c(N[C@H]5CC[C@H](Nc6nc(NCCc7cn(C)cn7)nc7c6ncn7[C@@H]6O[C@H](c7nnn(CC)n7)[C@@H](O)[C@H]6O)CC5)nc(NCCc5cn(C)cn5)nc43)[C@H](O)[C@@H]2O)n1.O.O=C(O)/C=C\C(=O)O. The first-order valence-corrected chi connectivity index (χ1v) is 25.8. The molecule has 35 nitrogen and oxygen atoms in total. The molecule has 3 aliphatic rings. The molecule has 1 saturated carbocycles. The molecule has 2 aliphatic heterocycles. The predicted molar refractivity (Wildman–Crippen MR) is 279 cm³/mol. The highest BCUT2D eigenvalue weighted by molar-refractivity contribution is 5.89. The number of hydrogen-bond donors (Lipinski definition) is 10. The molecule has 432 valence electrons. The van der Waals surface area contributed by atoms with E-state index < -0.39 is 61.0 Å². The normalized spacial score (nSPS) is 23.6. The maximum atomic E-state index is 11.3. The van der Waals surface area contributed by atoms with E-state index in [1.165, 1.54) is 22.2 Å². The number of carboxylic acids is 2. The fourth-order valence-electron chi connectivity index (χ4n) is 9.49. The number of aryl methyl sites for hydroxylation is 4. The molecule has 10 heterocycles. The van der Waals surface area contributed by atoms with Gasteiger partial charge in [-0.1, -0.05) is 0 Å². The molecular weight excluding hydrogens is 1060 g/mol. The molecule has 11 rings (SSSR count). The van der Waals surface area contributed by atoms with Gasteiger partial charge in [0.1, 0.15) is 24.4 Å². The molecule has 0 amide bonds. The first-order valence-electron chi connectivity index (χ1n) is 25.8. The zero-order valence-corrected chi connectivity index (χ0v) is 44.2. The first kappa shape index (κ1) is 57.0. The number of imidazole rings is 4. The largest absolute Gasteiger partial charge is 0.478 e. The van der Waals surface area contributed by atoms with Crippen LogP contribution in [0.1, 0.15) is 87.2 Å². The van der Waals surface area contributed by atoms with E-state index >= 15 is 0 Å². The van der Waals surface area contributed by atoms with Crippen LogP contribution in [0.15, 0.2) is 49.9 Å². The Kier molecular flexibility index (Phi) is 17.4. The molecule has 0 aromatic carbocycles. The van der Waals surface area contributed by atoms with E-state index in [9.17, 15) is 30.0 Å². The van der Waals surface area contributed by atoms with Crippen molar-refractivity contribution < 1.29 is 55.2 Å². The number of nitrogens with one attached hydrogen (secondary N) is 4. The van der Waals surface area contributed by atoms with Crippen LogP contribution in [0.2, 0.25) is 0 Å². The van der Waals surface area contributed by atoms with Crippen LogP contribution < -0.4 is 21.3 Å². The Morgan fingerprint density at radius 1 is 0.605 bits per heavy atom. The van der Waals surface area contributed by atoms with Gasteiger partial charge in [-0.15, -0.1) is 20.4 Å². The van der Waals surface area contributed by atoms with E-state index in [4.69, 9.17) is 49.6 Å². The minimum Gasteiger partial charge on any atom is -0.478 e. The molecule has 8 aromatic rings. The van der Waals surface area contributed by atoms with E-state index in [0.29, 0.717) is 97.0 Å². The van der Waals surface area contributed by atoms with Crippen LogP contribution in [0.3, 0.4) is 0 Å². The van der Waals surface area contributed by atoms with Gasteiger partial charge >= 0.3 is 11.9 Å². The Balaban J connectivity index is 0.000000819. The number of aromatic nitrogens is 20. The van der Waals surface area contributed by atoms with E-state index in [-0.39, 0.29) is 29.2 Å². The number of carbonyl (C=O) groups is 2. The highest BCUT2D eigenvalue weighted by Gasteiger charge is 2.48. The van der Waals surface area contributed by atoms with Crippen molar-refractivity contribution in [3.8, 4) is 0 Å². The Morgan fingerprint density at radius 2 is 1.01 bits per heavy atom. The number of hydrogen-bond acceptors (Lipinski definition) is 26. The second-order valence-electron chi connectivity index (χ2n) is 19.2. The lowest BCUT2D eigenvalue weighted by atomic mass is 9.91. The van der Waals surface area contributed by atoms with Gasteiger partial charge in [0.2, 0.25) is 23.5 Å². The molecular formula is C46H62N24O11. The summed E-state index contributed by atoms with van der Waals surface area (Å²) >= 11 is 0. The summed E-state index contributed by atoms with van der Waals surface area (Å²) in [6.07, 6.45) is 6.13. The smallest absolute Gasteiger partial charge is 0.328 e. The molecule has 8 atom stereocenters. The van der Waals surface area contributed by atoms with E-state index in [0.717, 1.165) is 37.1 Å². The number of anilines is 4. The van der Waals surface area contributed by atoms with E-state index in [1.807, 2.05) is 49.5 Å². The van der Waals surface area contributed by atoms with Gasteiger partial charge < -0.3 is 76.0 Å². The van der Waals surface area contributed by atoms with Gasteiger partial charge in [-0.25, -0.2) is 29.5 Å². The van der Waals surface area contributed by atoms with Gasteiger partial charge in [-0.05, 0) is 50.0 Å². The van der Waals surface area contributed by atoms with Crippen LogP contribution in [-0.2, 0) is 59.1 Å². The monoisotopic (exact) mass is 1130 g/mol. The molecule has 2 saturated heterocycles. The molecule has 12 N–H and O–H groups in total. The minimum absolute atomic E-state index is 0. The van der Waals surface area contributed by atoms with Crippen LogP contribution in [0.5, 0.6) is 0 Å². The number of ether oxygens (including phenoxy) is 2. The van der Waals surface area contributed by atoms with Gasteiger partial charge in [0.05, 0.1) is 49.8 Å². The fraction of sp³-hybridized carbons (Fsp3) is 0.522. The summed E-state index contributed by atoms with van der Waals surface area (Å²) in [7, 11) is 3.83. The summed E-state index contributed by atoms with van der Waals surface area (Å²) in [5.41, 5.74) is 3.47. The van der Waals surface area contributed by atoms with E-state index in [2.05, 4.69) is 62.1 Å². The maximum absolute atomic E-state index is 11.3. The number of nitrogens with zero attached hydrogens (tertiary/aromatic N) is 20. The van der Waals surface area contributed by atoms with E-state index in [1.54, 1.807) is 21.8 Å². The third-order valence-electron chi connectivity index (χ3n) is 13.5. The van der Waals surface area contributed by atoms with Crippen molar-refractivity contribution in [3.05, 3.63) is 72.9 Å². The fourth-order valence-corrected chi connectivity index (χ4v) is 9.49. The summed E-state index contributed by atoms with van der Waals surface area (Å²) in [5, 5.41) is 99.2. The molecule has 81 heavy (non-hydrogen) atoms. The maximum Gasteiger partial charge on any atom is 0.328 e. The number of fused-ring (bicyclic) bond motifs is 2. The molecule has 8 aromatic heterocycles. The second-order valence-corrected chi connectivity index (χ2v) is 19.2. The van der Waals surface area contributed by atoms with Gasteiger partial charge in [-0.2, -0.15) is 29.5 Å². The number of rotatable bonds is 20. The van der Waals surface area contributed by atoms with Gasteiger partial charge in [0.15, 0.2) is 58.6 Å². The van der Waals surface area contributed by atoms with Crippen molar-refractivity contribution in [2.24, 2.45) is 14.1 Å². The Morgan fingerprint density at radius 3 is 1.36 bits per heavy atom. The molecule has 0 radical (unpaired) electrons. The Labute approximate surface area is 458 Å². The van der Waals surface area contributed by atoms with Crippen molar-refractivity contribution in [1.82, 2.24) is 98.6 Å². The molecule has 35 heteroatoms. The summed E-state index contributed by atoms with van der Waals surface area (Å²) in [6, 6.07) is -0.0247. The lowest BCUT2D eigenvalue weighted by Crippen LogP contribution is -2.33. The van der Waals surface area contributed by atoms with Crippen LogP contribution in [0.25, 0.3) is 22.3 Å². The van der Waals surface area contributed by atoms with Gasteiger partial charge in [0, 0.05) is 76.7 Å². The first-order chi connectivity index (χ1) is 38.6. The number of aliphatic hydroxyl groups is 4. The van der Waals surface area contributed by atoms with Crippen LogP contribution in [0.4, 0.5) is 23.5 Å². The summed E-state index contributed by atoms with van der Waals surface area (Å²) < 4.78 is 19.4. The van der Waals surface area contributed by atoms with Gasteiger partial charge in [-0.3, -0.25) is 9.13 Å². The predicted octanol–water partition coefficient (Wildman–Crippen LogP) is -1.54. The zero-order valence-electron chi connectivity index (χ0n) is 44.2. The molecule has 3 fully saturated rings. The Bertz CT molecular complexity index is 3230. The summed E-state index contributed by atoms with van der Waals surface area (Å²) in [6.45, 7) is 5.65. The topological polar surface area (TPSA) is 464 Å². The van der Waals surface area contributed by atoms with Crippen molar-refractivity contribution in [1.29, 1.82) is 0 Å². The van der Waals surface area contributed by atoms with Crippen molar-refractivity contribution in [2.45, 2.75) is 127 Å². The average Bonchev–Trinajstić information content (AvgIpc) is 4.41. The molecule has 1 aliphatic carbocycles. The zero-order chi connectivity index (χ0) is 56.2. The third kappa shape index (κ3) is 12.7. The highest BCUT2D eigenvalue weighted by atomic mass is 16.6. The Hall–Kier alpha value is -8.74. The van der Waals surface area contributed by atoms with Crippen LogP contribution >= 0.6 is 0 Å². The second kappa shape index (κ2) is 24.7. The number of aliphatic hydroxyl groups excluding tert-OH is 4. The standard InChI is InChI=1S/C42H56N24O6.C4H4O4.H2O/c1-5-65-57-35(55-59-65)31-27(67)29(69)39(71-31)63-19-47-25-33(51-41(53-37(25)63)43-13-11-23-15-61(3)17-45-23)49-21-7-9-22(10-8-21)50-34-26-38(54-42(52-34)44-14-12-24-16-62(4)18-46-24)64(20-48-26)40-30(70)28(68)32(72-40)36-56-60-66(6-2)58-36;5-3(6)1-2-4(7)8;/h15-22,27-32,39-40,67-70H,5-14H2,1-4H3,(H2,43,49,51,53)(H2,44,50,52,54);1-2H,(H,5,6)(H,7,8);1H2/b;2-1-;/t21-,22-,27-,28-,29+,30+,31-,32-,39+,40+;;/m0../s1. The van der Waals surface area contributed by atoms with Crippen molar-refractivity contribution in [2.75, 3.05) is 34.4 Å². The van der Waals surface area contributed by atoms with Crippen LogP contribution in [-0.4, -0.2) is 196 Å². The quantitative estimate of drug-likeness (QED) is 0.0387. The molecule has 0 unspecified atom stereocenters. The minimum atomic E-state index is -1.36. The highest BCUT2D eigenvalue weighted by Crippen LogP contribution is 2.41. The number of aliphatic carboxylic acids is 2. The van der Waals surface area contributed by atoms with Crippen molar-refractivity contribution in [3.63, 3.8) is 0 Å². The average molecular weight is 1130 g/mol.